The highest BCUT2D eigenvalue weighted by Crippen LogP contribution is 2.33. The van der Waals surface area contributed by atoms with Crippen molar-refractivity contribution in [2.75, 3.05) is 37.8 Å². The fourth-order valence-corrected chi connectivity index (χ4v) is 5.31. The lowest BCUT2D eigenvalue weighted by atomic mass is 10.2. The summed E-state index contributed by atoms with van der Waals surface area (Å²) in [5.41, 5.74) is 1.30. The van der Waals surface area contributed by atoms with Crippen LogP contribution in [0.3, 0.4) is 0 Å². The Hall–Kier alpha value is -2.22. The van der Waals surface area contributed by atoms with Crippen molar-refractivity contribution in [1.82, 2.24) is 25.4 Å². The summed E-state index contributed by atoms with van der Waals surface area (Å²) < 4.78 is 2.40. The van der Waals surface area contributed by atoms with Gasteiger partial charge in [-0.3, -0.25) is 4.99 Å². The monoisotopic (exact) mass is 441 g/mol. The second-order valence-electron chi connectivity index (χ2n) is 8.43. The standard InChI is InChI=1S/C23H35N7S/c1-24-22(26-18-14-16-29(17-18)19-9-4-3-5-10-19)25-15-8-13-21-27-28-23(31-2)30(21)20-11-6-7-12-20/h3-5,9-10,18,20H,6-8,11-17H2,1-2H3,(H2,24,25,26). The number of nitrogens with zero attached hydrogens (tertiary/aromatic N) is 5. The van der Waals surface area contributed by atoms with Gasteiger partial charge in [-0.1, -0.05) is 42.8 Å². The van der Waals surface area contributed by atoms with Crippen LogP contribution in [-0.4, -0.2) is 59.7 Å². The zero-order chi connectivity index (χ0) is 21.5. The predicted molar refractivity (Wildman–Crippen MR) is 129 cm³/mol. The van der Waals surface area contributed by atoms with Crippen molar-refractivity contribution in [3.63, 3.8) is 0 Å². The first-order valence-electron chi connectivity index (χ1n) is 11.5. The molecule has 0 spiro atoms. The molecule has 1 aliphatic heterocycles. The number of anilines is 1. The lowest BCUT2D eigenvalue weighted by Gasteiger charge is -2.20. The van der Waals surface area contributed by atoms with Crippen LogP contribution in [-0.2, 0) is 6.42 Å². The summed E-state index contributed by atoms with van der Waals surface area (Å²) >= 11 is 1.71. The molecule has 8 heteroatoms. The molecule has 2 aromatic rings. The molecule has 1 unspecified atom stereocenters. The van der Waals surface area contributed by atoms with E-state index in [0.29, 0.717) is 12.1 Å². The van der Waals surface area contributed by atoms with Crippen LogP contribution in [0.4, 0.5) is 5.69 Å². The quantitative estimate of drug-likeness (QED) is 0.283. The van der Waals surface area contributed by atoms with Crippen LogP contribution >= 0.6 is 11.8 Å². The number of aryl methyl sites for hydroxylation is 1. The summed E-state index contributed by atoms with van der Waals surface area (Å²) in [4.78, 5) is 6.87. The molecule has 1 aliphatic carbocycles. The zero-order valence-corrected chi connectivity index (χ0v) is 19.6. The van der Waals surface area contributed by atoms with E-state index < -0.39 is 0 Å². The second-order valence-corrected chi connectivity index (χ2v) is 9.20. The number of nitrogens with one attached hydrogen (secondary N) is 2. The van der Waals surface area contributed by atoms with Gasteiger partial charge in [-0.25, -0.2) is 0 Å². The van der Waals surface area contributed by atoms with Gasteiger partial charge in [0.05, 0.1) is 0 Å². The summed E-state index contributed by atoms with van der Waals surface area (Å²) in [7, 11) is 1.85. The Labute approximate surface area is 190 Å². The van der Waals surface area contributed by atoms with E-state index in [0.717, 1.165) is 55.8 Å². The smallest absolute Gasteiger partial charge is 0.191 e. The molecule has 1 atom stereocenters. The minimum absolute atomic E-state index is 0.418. The molecule has 7 nitrogen and oxygen atoms in total. The first-order chi connectivity index (χ1) is 15.3. The summed E-state index contributed by atoms with van der Waals surface area (Å²) in [6, 6.07) is 11.6. The predicted octanol–water partition coefficient (Wildman–Crippen LogP) is 3.49. The molecule has 2 fully saturated rings. The van der Waals surface area contributed by atoms with Crippen LogP contribution in [0.1, 0.15) is 50.4 Å². The molecule has 0 bridgehead atoms. The van der Waals surface area contributed by atoms with Gasteiger partial charge in [0, 0.05) is 50.9 Å². The van der Waals surface area contributed by atoms with Crippen LogP contribution < -0.4 is 15.5 Å². The Morgan fingerprint density at radius 1 is 1.16 bits per heavy atom. The highest BCUT2D eigenvalue weighted by Gasteiger charge is 2.24. The van der Waals surface area contributed by atoms with Crippen molar-refractivity contribution in [3.8, 4) is 0 Å². The maximum absolute atomic E-state index is 4.50. The Morgan fingerprint density at radius 2 is 1.97 bits per heavy atom. The van der Waals surface area contributed by atoms with Gasteiger partial charge in [0.2, 0.25) is 0 Å². The van der Waals surface area contributed by atoms with E-state index in [-0.39, 0.29) is 0 Å². The molecule has 1 aromatic heterocycles. The molecule has 1 aromatic carbocycles. The number of aliphatic imine (C=N–C) groups is 1. The third-order valence-corrected chi connectivity index (χ3v) is 6.99. The largest absolute Gasteiger partial charge is 0.369 e. The molecular formula is C23H35N7S. The van der Waals surface area contributed by atoms with Crippen LogP contribution in [0.15, 0.2) is 40.5 Å². The number of hydrogen-bond acceptors (Lipinski definition) is 5. The summed E-state index contributed by atoms with van der Waals surface area (Å²) in [5.74, 6) is 2.03. The lowest BCUT2D eigenvalue weighted by molar-refractivity contribution is 0.460. The maximum Gasteiger partial charge on any atom is 0.191 e. The Morgan fingerprint density at radius 3 is 2.71 bits per heavy atom. The Balaban J connectivity index is 1.23. The zero-order valence-electron chi connectivity index (χ0n) is 18.8. The molecule has 0 amide bonds. The summed E-state index contributed by atoms with van der Waals surface area (Å²) in [6.45, 7) is 2.96. The minimum Gasteiger partial charge on any atom is -0.369 e. The van der Waals surface area contributed by atoms with Crippen molar-refractivity contribution in [3.05, 3.63) is 36.2 Å². The van der Waals surface area contributed by atoms with E-state index in [9.17, 15) is 0 Å². The Kier molecular flexibility index (Phi) is 7.72. The highest BCUT2D eigenvalue weighted by atomic mass is 32.2. The molecule has 4 rings (SSSR count). The van der Waals surface area contributed by atoms with Crippen molar-refractivity contribution in [1.29, 1.82) is 0 Å². The lowest BCUT2D eigenvalue weighted by Crippen LogP contribution is -2.45. The van der Waals surface area contributed by atoms with Gasteiger partial charge < -0.3 is 20.1 Å². The molecule has 168 valence electrons. The van der Waals surface area contributed by atoms with Crippen molar-refractivity contribution in [2.24, 2.45) is 4.99 Å². The van der Waals surface area contributed by atoms with Crippen LogP contribution in [0.25, 0.3) is 0 Å². The molecule has 2 aliphatic rings. The first-order valence-corrected chi connectivity index (χ1v) is 12.8. The average molecular weight is 442 g/mol. The van der Waals surface area contributed by atoms with Gasteiger partial charge in [0.15, 0.2) is 11.1 Å². The van der Waals surface area contributed by atoms with Gasteiger partial charge in [0.25, 0.3) is 0 Å². The van der Waals surface area contributed by atoms with E-state index in [1.54, 1.807) is 11.8 Å². The normalized spacial score (nSPS) is 19.9. The topological polar surface area (TPSA) is 70.4 Å². The molecule has 1 saturated heterocycles. The third kappa shape index (κ3) is 5.53. The number of thioether (sulfide) groups is 1. The van der Waals surface area contributed by atoms with Gasteiger partial charge in [-0.15, -0.1) is 10.2 Å². The molecule has 2 N–H and O–H groups in total. The summed E-state index contributed by atoms with van der Waals surface area (Å²) in [5, 5.41) is 17.1. The second kappa shape index (κ2) is 10.9. The molecule has 0 radical (unpaired) electrons. The van der Waals surface area contributed by atoms with Gasteiger partial charge in [-0.2, -0.15) is 0 Å². The van der Waals surface area contributed by atoms with E-state index >= 15 is 0 Å². The van der Waals surface area contributed by atoms with Crippen molar-refractivity contribution < 1.29 is 0 Å². The van der Waals surface area contributed by atoms with Crippen molar-refractivity contribution >= 4 is 23.4 Å². The van der Waals surface area contributed by atoms with E-state index in [1.165, 1.54) is 31.4 Å². The molecule has 31 heavy (non-hydrogen) atoms. The van der Waals surface area contributed by atoms with Crippen LogP contribution in [0.2, 0.25) is 0 Å². The van der Waals surface area contributed by atoms with Crippen LogP contribution in [0.5, 0.6) is 0 Å². The van der Waals surface area contributed by atoms with Crippen LogP contribution in [0, 0.1) is 0 Å². The van der Waals surface area contributed by atoms with E-state index in [4.69, 9.17) is 0 Å². The Bertz CT molecular complexity index is 845. The fourth-order valence-electron chi connectivity index (χ4n) is 4.74. The average Bonchev–Trinajstić information content (AvgIpc) is 3.57. The van der Waals surface area contributed by atoms with Gasteiger partial charge in [-0.05, 0) is 44.1 Å². The highest BCUT2D eigenvalue weighted by molar-refractivity contribution is 7.98. The fraction of sp³-hybridized carbons (Fsp3) is 0.609. The van der Waals surface area contributed by atoms with Crippen molar-refractivity contribution in [2.45, 2.75) is 62.2 Å². The number of aromatic nitrogens is 3. The number of guanidine groups is 1. The van der Waals surface area contributed by atoms with E-state index in [1.807, 2.05) is 7.05 Å². The maximum atomic E-state index is 4.50. The molecular weight excluding hydrogens is 406 g/mol. The molecule has 2 heterocycles. The van der Waals surface area contributed by atoms with E-state index in [2.05, 4.69) is 71.9 Å². The number of benzene rings is 1. The number of hydrogen-bond donors (Lipinski definition) is 2. The van der Waals surface area contributed by atoms with Gasteiger partial charge >= 0.3 is 0 Å². The van der Waals surface area contributed by atoms with Gasteiger partial charge in [0.1, 0.15) is 5.82 Å². The molecule has 1 saturated carbocycles. The number of para-hydroxylation sites is 1. The summed E-state index contributed by atoms with van der Waals surface area (Å²) in [6.07, 6.45) is 10.3. The first kappa shape index (κ1) is 22.0. The number of rotatable bonds is 8. The minimum atomic E-state index is 0.418. The third-order valence-electron chi connectivity index (χ3n) is 6.35. The SMILES string of the molecule is CN=C(NCCCc1nnc(SC)n1C1CCCC1)NC1CCN(c2ccccc2)C1.